The summed E-state index contributed by atoms with van der Waals surface area (Å²) in [5, 5.41) is 17.5. The number of carbonyl (C=O) groups excluding carboxylic acids is 2. The summed E-state index contributed by atoms with van der Waals surface area (Å²) in [7, 11) is 0. The molecule has 27 heavy (non-hydrogen) atoms. The van der Waals surface area contributed by atoms with E-state index in [2.05, 4.69) is 10.5 Å². The number of carbonyl (C=O) groups is 2. The number of nitrogens with zero attached hydrogens (tertiary/aromatic N) is 3. The molecule has 1 N–H and O–H groups in total. The van der Waals surface area contributed by atoms with Crippen LogP contribution < -0.4 is 5.32 Å². The lowest BCUT2D eigenvalue weighted by atomic mass is 9.95. The number of hydrogen-bond donors (Lipinski definition) is 1. The zero-order chi connectivity index (χ0) is 19.6. The maximum absolute atomic E-state index is 12.6. The number of anilines is 1. The topological polar surface area (TPSA) is 119 Å². The largest absolute Gasteiger partial charge is 0.360 e. The fourth-order valence-corrected chi connectivity index (χ4v) is 3.12. The summed E-state index contributed by atoms with van der Waals surface area (Å²) in [5.74, 6) is 0.352. The molecule has 2 amide bonds. The predicted octanol–water partition coefficient (Wildman–Crippen LogP) is 2.69. The first-order valence-corrected chi connectivity index (χ1v) is 8.63. The van der Waals surface area contributed by atoms with Gasteiger partial charge in [-0.15, -0.1) is 0 Å². The lowest BCUT2D eigenvalue weighted by Crippen LogP contribution is -2.41. The van der Waals surface area contributed by atoms with Gasteiger partial charge in [-0.3, -0.25) is 19.7 Å². The Hall–Kier alpha value is -3.23. The van der Waals surface area contributed by atoms with Crippen LogP contribution in [0.2, 0.25) is 0 Å². The lowest BCUT2D eigenvalue weighted by Gasteiger charge is -2.31. The Morgan fingerprint density at radius 1 is 1.26 bits per heavy atom. The molecular weight excluding hydrogens is 352 g/mol. The molecule has 0 bridgehead atoms. The molecule has 0 unspecified atom stereocenters. The van der Waals surface area contributed by atoms with E-state index in [1.165, 1.54) is 6.07 Å². The first-order chi connectivity index (χ1) is 12.8. The Morgan fingerprint density at radius 3 is 2.56 bits per heavy atom. The van der Waals surface area contributed by atoms with Gasteiger partial charge in [0.1, 0.15) is 5.76 Å². The number of nitrogens with one attached hydrogen (secondary N) is 1. The first kappa shape index (κ1) is 18.6. The van der Waals surface area contributed by atoms with Crippen molar-refractivity contribution in [1.82, 2.24) is 10.1 Å². The molecule has 0 saturated carbocycles. The van der Waals surface area contributed by atoms with Crippen LogP contribution in [-0.4, -0.2) is 39.9 Å². The van der Waals surface area contributed by atoms with Crippen LogP contribution in [0.5, 0.6) is 0 Å². The molecule has 0 aliphatic carbocycles. The van der Waals surface area contributed by atoms with Gasteiger partial charge < -0.3 is 14.7 Å². The Balaban J connectivity index is 1.60. The van der Waals surface area contributed by atoms with Gasteiger partial charge in [0.15, 0.2) is 5.82 Å². The van der Waals surface area contributed by atoms with E-state index >= 15 is 0 Å². The van der Waals surface area contributed by atoms with E-state index in [1.54, 1.807) is 36.9 Å². The minimum absolute atomic E-state index is 0.0713. The maximum atomic E-state index is 12.6. The maximum Gasteiger partial charge on any atom is 0.273 e. The summed E-state index contributed by atoms with van der Waals surface area (Å²) in [5.41, 5.74) is 0.723. The molecule has 1 saturated heterocycles. The molecule has 142 valence electrons. The smallest absolute Gasteiger partial charge is 0.273 e. The molecular formula is C18H20N4O5. The zero-order valence-electron chi connectivity index (χ0n) is 15.1. The number of rotatable bonds is 4. The van der Waals surface area contributed by atoms with Gasteiger partial charge in [0.2, 0.25) is 5.91 Å². The predicted molar refractivity (Wildman–Crippen MR) is 96.3 cm³/mol. The van der Waals surface area contributed by atoms with Gasteiger partial charge >= 0.3 is 0 Å². The summed E-state index contributed by atoms with van der Waals surface area (Å²) in [4.78, 5) is 37.1. The Kier molecular flexibility index (Phi) is 5.20. The van der Waals surface area contributed by atoms with Gasteiger partial charge in [-0.2, -0.15) is 0 Å². The van der Waals surface area contributed by atoms with Gasteiger partial charge in [-0.25, -0.2) is 0 Å². The molecule has 2 aromatic rings. The van der Waals surface area contributed by atoms with Crippen molar-refractivity contribution in [1.29, 1.82) is 0 Å². The Bertz CT molecular complexity index is 884. The molecule has 1 aliphatic rings. The number of aryl methyl sites for hydroxylation is 2. The van der Waals surface area contributed by atoms with Gasteiger partial charge in [0, 0.05) is 42.3 Å². The number of piperidine rings is 1. The van der Waals surface area contributed by atoms with E-state index in [0.29, 0.717) is 43.1 Å². The standard InChI is InChI=1S/C18H20N4O5/c1-11-3-4-14(10-15(11)22(25)26)18(24)21-7-5-13(6-8-21)17(23)19-16-9-12(2)27-20-16/h3-4,9-10,13H,5-8H2,1-2H3,(H,19,20,23). The minimum atomic E-state index is -0.492. The molecule has 1 aromatic carbocycles. The Morgan fingerprint density at radius 2 is 1.96 bits per heavy atom. The SMILES string of the molecule is Cc1cc(NC(=O)C2CCN(C(=O)c3ccc(C)c([N+](=O)[O-])c3)CC2)no1. The molecule has 1 aromatic heterocycles. The third-order valence-electron chi connectivity index (χ3n) is 4.68. The van der Waals surface area contributed by atoms with Crippen LogP contribution in [0.25, 0.3) is 0 Å². The van der Waals surface area contributed by atoms with Gasteiger partial charge in [0.25, 0.3) is 11.6 Å². The van der Waals surface area contributed by atoms with Gasteiger partial charge in [0.05, 0.1) is 4.92 Å². The van der Waals surface area contributed by atoms with Crippen molar-refractivity contribution in [2.24, 2.45) is 5.92 Å². The average molecular weight is 372 g/mol. The summed E-state index contributed by atoms with van der Waals surface area (Å²) in [6.45, 7) is 4.20. The highest BCUT2D eigenvalue weighted by atomic mass is 16.6. The lowest BCUT2D eigenvalue weighted by molar-refractivity contribution is -0.385. The van der Waals surface area contributed by atoms with E-state index in [-0.39, 0.29) is 29.0 Å². The summed E-state index contributed by atoms with van der Waals surface area (Å²) >= 11 is 0. The number of amides is 2. The number of likely N-dealkylation sites (tertiary alicyclic amines) is 1. The number of nitro groups is 1. The van der Waals surface area contributed by atoms with Gasteiger partial charge in [-0.1, -0.05) is 11.2 Å². The fourth-order valence-electron chi connectivity index (χ4n) is 3.12. The molecule has 0 atom stereocenters. The summed E-state index contributed by atoms with van der Waals surface area (Å²) < 4.78 is 4.92. The molecule has 0 radical (unpaired) electrons. The Labute approximate surface area is 155 Å². The summed E-state index contributed by atoms with van der Waals surface area (Å²) in [6.07, 6.45) is 1.03. The van der Waals surface area contributed by atoms with Crippen molar-refractivity contribution in [2.45, 2.75) is 26.7 Å². The highest BCUT2D eigenvalue weighted by Gasteiger charge is 2.29. The second kappa shape index (κ2) is 7.56. The van der Waals surface area contributed by atoms with E-state index < -0.39 is 4.92 Å². The van der Waals surface area contributed by atoms with Crippen LogP contribution in [0.4, 0.5) is 11.5 Å². The van der Waals surface area contributed by atoms with Crippen LogP contribution in [0.15, 0.2) is 28.8 Å². The zero-order valence-corrected chi connectivity index (χ0v) is 15.1. The quantitative estimate of drug-likeness (QED) is 0.651. The number of nitro benzene ring substituents is 1. The number of aromatic nitrogens is 1. The third kappa shape index (κ3) is 4.13. The number of hydrogen-bond acceptors (Lipinski definition) is 6. The van der Waals surface area contributed by atoms with Crippen LogP contribution >= 0.6 is 0 Å². The monoisotopic (exact) mass is 372 g/mol. The van der Waals surface area contributed by atoms with Crippen LogP contribution in [-0.2, 0) is 4.79 Å². The molecule has 3 rings (SSSR count). The van der Waals surface area contributed by atoms with Crippen molar-refractivity contribution >= 4 is 23.3 Å². The highest BCUT2D eigenvalue weighted by Crippen LogP contribution is 2.24. The van der Waals surface area contributed by atoms with E-state index in [0.717, 1.165) is 0 Å². The molecule has 9 heteroatoms. The summed E-state index contributed by atoms with van der Waals surface area (Å²) in [6, 6.07) is 6.12. The van der Waals surface area contributed by atoms with Crippen LogP contribution in [0, 0.1) is 29.9 Å². The molecule has 0 spiro atoms. The van der Waals surface area contributed by atoms with E-state index in [1.807, 2.05) is 0 Å². The first-order valence-electron chi connectivity index (χ1n) is 8.63. The second-order valence-corrected chi connectivity index (χ2v) is 6.64. The van der Waals surface area contributed by atoms with Crippen molar-refractivity contribution in [3.8, 4) is 0 Å². The van der Waals surface area contributed by atoms with Crippen molar-refractivity contribution in [2.75, 3.05) is 18.4 Å². The van der Waals surface area contributed by atoms with Crippen molar-refractivity contribution in [3.63, 3.8) is 0 Å². The average Bonchev–Trinajstić information content (AvgIpc) is 3.06. The minimum Gasteiger partial charge on any atom is -0.360 e. The van der Waals surface area contributed by atoms with Crippen molar-refractivity contribution in [3.05, 3.63) is 51.3 Å². The van der Waals surface area contributed by atoms with Gasteiger partial charge in [-0.05, 0) is 32.8 Å². The fraction of sp³-hybridized carbons (Fsp3) is 0.389. The highest BCUT2D eigenvalue weighted by molar-refractivity contribution is 5.95. The molecule has 9 nitrogen and oxygen atoms in total. The molecule has 2 heterocycles. The molecule has 1 fully saturated rings. The van der Waals surface area contributed by atoms with Crippen LogP contribution in [0.1, 0.15) is 34.5 Å². The number of benzene rings is 1. The second-order valence-electron chi connectivity index (χ2n) is 6.64. The van der Waals surface area contributed by atoms with Crippen LogP contribution in [0.3, 0.4) is 0 Å². The van der Waals surface area contributed by atoms with Crippen molar-refractivity contribution < 1.29 is 19.0 Å². The third-order valence-corrected chi connectivity index (χ3v) is 4.68. The molecule has 1 aliphatic heterocycles. The normalized spacial score (nSPS) is 14.8. The van der Waals surface area contributed by atoms with E-state index in [9.17, 15) is 19.7 Å². The van der Waals surface area contributed by atoms with E-state index in [4.69, 9.17) is 4.52 Å².